The van der Waals surface area contributed by atoms with Gasteiger partial charge in [0.15, 0.2) is 0 Å². The van der Waals surface area contributed by atoms with Gasteiger partial charge in [0.25, 0.3) is 0 Å². The molecule has 6 nitrogen and oxygen atoms in total. The van der Waals surface area contributed by atoms with E-state index in [2.05, 4.69) is 11.9 Å². The third-order valence-corrected chi connectivity index (χ3v) is 3.18. The highest BCUT2D eigenvalue weighted by atomic mass is 35.5. The minimum Gasteiger partial charge on any atom is -0.445 e. The average molecular weight is 326 g/mol. The van der Waals surface area contributed by atoms with Crippen LogP contribution in [0.25, 0.3) is 0 Å². The predicted molar refractivity (Wildman–Crippen MR) is 79.2 cm³/mol. The van der Waals surface area contributed by atoms with Crippen LogP contribution in [0.2, 0.25) is 5.02 Å². The minimum absolute atomic E-state index is 0.0362. The van der Waals surface area contributed by atoms with Crippen molar-refractivity contribution in [2.75, 3.05) is 6.61 Å². The lowest BCUT2D eigenvalue weighted by atomic mass is 10.2. The first-order chi connectivity index (χ1) is 10.6. The molecule has 1 amide bonds. The second-order valence-corrected chi connectivity index (χ2v) is 5.07. The van der Waals surface area contributed by atoms with E-state index in [-0.39, 0.29) is 19.6 Å². The van der Waals surface area contributed by atoms with Crippen LogP contribution in [0.3, 0.4) is 0 Å². The molecule has 1 aliphatic rings. The van der Waals surface area contributed by atoms with Gasteiger partial charge in [0.05, 0.1) is 13.0 Å². The molecule has 0 spiro atoms. The van der Waals surface area contributed by atoms with Gasteiger partial charge in [-0.05, 0) is 17.7 Å². The number of amides is 1. The minimum atomic E-state index is -0.848. The van der Waals surface area contributed by atoms with Gasteiger partial charge in [-0.25, -0.2) is 4.79 Å². The van der Waals surface area contributed by atoms with Crippen molar-refractivity contribution >= 4 is 23.7 Å². The van der Waals surface area contributed by atoms with Crippen LogP contribution in [-0.2, 0) is 25.6 Å². The van der Waals surface area contributed by atoms with E-state index in [0.29, 0.717) is 5.02 Å². The topological polar surface area (TPSA) is 73.9 Å². The number of ether oxygens (including phenoxy) is 3. The maximum Gasteiger partial charge on any atom is 0.407 e. The van der Waals surface area contributed by atoms with Gasteiger partial charge in [-0.3, -0.25) is 4.79 Å². The van der Waals surface area contributed by atoms with Crippen molar-refractivity contribution in [3.8, 4) is 0 Å². The third kappa shape index (κ3) is 4.75. The maximum absolute atomic E-state index is 11.5. The molecule has 0 radical (unpaired) electrons. The second-order valence-electron chi connectivity index (χ2n) is 4.64. The fraction of sp³-hybridized carbons (Fsp3) is 0.333. The molecular weight excluding hydrogens is 310 g/mol. The standard InChI is InChI=1S/C15H16ClNO5/c1-2-7-20-15(19)17-12-8-13(18)22-14(12)21-9-10-3-5-11(16)6-4-10/h2-6,12,14H,1,7-9H2,(H,17,19)/t12-,14?/m0/s1. The summed E-state index contributed by atoms with van der Waals surface area (Å²) < 4.78 is 15.4. The Hall–Kier alpha value is -2.05. The highest BCUT2D eigenvalue weighted by Gasteiger charge is 2.37. The van der Waals surface area contributed by atoms with Crippen LogP contribution >= 0.6 is 11.6 Å². The van der Waals surface area contributed by atoms with Gasteiger partial charge in [0.2, 0.25) is 6.29 Å². The Morgan fingerprint density at radius 1 is 1.45 bits per heavy atom. The Balaban J connectivity index is 1.87. The quantitative estimate of drug-likeness (QED) is 0.642. The van der Waals surface area contributed by atoms with Crippen molar-refractivity contribution in [2.45, 2.75) is 25.4 Å². The first kappa shape index (κ1) is 16.3. The molecule has 2 atom stereocenters. The number of hydrogen-bond acceptors (Lipinski definition) is 5. The van der Waals surface area contributed by atoms with Crippen molar-refractivity contribution in [1.29, 1.82) is 0 Å². The molecule has 22 heavy (non-hydrogen) atoms. The fourth-order valence-electron chi connectivity index (χ4n) is 1.89. The van der Waals surface area contributed by atoms with E-state index < -0.39 is 24.4 Å². The molecule has 1 fully saturated rings. The molecule has 2 rings (SSSR count). The van der Waals surface area contributed by atoms with Crippen LogP contribution in [0.15, 0.2) is 36.9 Å². The molecule has 0 saturated carbocycles. The maximum atomic E-state index is 11.5. The van der Waals surface area contributed by atoms with Crippen molar-refractivity contribution in [3.63, 3.8) is 0 Å². The zero-order valence-corrected chi connectivity index (χ0v) is 12.5. The normalized spacial score (nSPS) is 20.3. The van der Waals surface area contributed by atoms with Gasteiger partial charge >= 0.3 is 12.1 Å². The number of rotatable bonds is 6. The lowest BCUT2D eigenvalue weighted by molar-refractivity contribution is -0.167. The molecule has 1 heterocycles. The molecule has 7 heteroatoms. The number of halogens is 1. The Kier molecular flexibility index (Phi) is 5.80. The van der Waals surface area contributed by atoms with E-state index in [0.717, 1.165) is 5.56 Å². The van der Waals surface area contributed by atoms with E-state index in [1.54, 1.807) is 24.3 Å². The summed E-state index contributed by atoms with van der Waals surface area (Å²) in [7, 11) is 0. The summed E-state index contributed by atoms with van der Waals surface area (Å²) in [6, 6.07) is 6.50. The molecule has 0 aromatic heterocycles. The van der Waals surface area contributed by atoms with E-state index >= 15 is 0 Å². The van der Waals surface area contributed by atoms with Crippen LogP contribution in [0, 0.1) is 0 Å². The molecule has 118 valence electrons. The number of alkyl carbamates (subject to hydrolysis) is 1. The van der Waals surface area contributed by atoms with Gasteiger partial charge in [-0.1, -0.05) is 36.4 Å². The lowest BCUT2D eigenvalue weighted by Gasteiger charge is -2.18. The molecule has 0 aliphatic carbocycles. The van der Waals surface area contributed by atoms with Crippen LogP contribution in [-0.4, -0.2) is 31.0 Å². The summed E-state index contributed by atoms with van der Waals surface area (Å²) >= 11 is 5.80. The fourth-order valence-corrected chi connectivity index (χ4v) is 2.02. The molecule has 1 aliphatic heterocycles. The van der Waals surface area contributed by atoms with Crippen LogP contribution in [0.4, 0.5) is 4.79 Å². The summed E-state index contributed by atoms with van der Waals surface area (Å²) in [5.41, 5.74) is 0.875. The summed E-state index contributed by atoms with van der Waals surface area (Å²) in [5.74, 6) is -0.435. The third-order valence-electron chi connectivity index (χ3n) is 2.93. The highest BCUT2D eigenvalue weighted by Crippen LogP contribution is 2.19. The van der Waals surface area contributed by atoms with Gasteiger partial charge in [-0.15, -0.1) is 0 Å². The molecule has 0 bridgehead atoms. The van der Waals surface area contributed by atoms with E-state index in [1.165, 1.54) is 6.08 Å². The van der Waals surface area contributed by atoms with E-state index in [9.17, 15) is 9.59 Å². The first-order valence-corrected chi connectivity index (χ1v) is 7.06. The van der Waals surface area contributed by atoms with E-state index in [4.69, 9.17) is 25.8 Å². The molecule has 1 unspecified atom stereocenters. The number of hydrogen-bond donors (Lipinski definition) is 1. The molecule has 1 N–H and O–H groups in total. The monoisotopic (exact) mass is 325 g/mol. The predicted octanol–water partition coefficient (Wildman–Crippen LogP) is 2.41. The van der Waals surface area contributed by atoms with Crippen molar-refractivity contribution in [3.05, 3.63) is 47.5 Å². The largest absolute Gasteiger partial charge is 0.445 e. The van der Waals surface area contributed by atoms with Crippen LogP contribution in [0.1, 0.15) is 12.0 Å². The molecule has 1 aromatic carbocycles. The smallest absolute Gasteiger partial charge is 0.407 e. The number of carbonyl (C=O) groups is 2. The lowest BCUT2D eigenvalue weighted by Crippen LogP contribution is -2.41. The number of cyclic esters (lactones) is 1. The van der Waals surface area contributed by atoms with Crippen LogP contribution < -0.4 is 5.32 Å². The summed E-state index contributed by atoms with van der Waals surface area (Å²) in [6.07, 6.45) is -0.0125. The summed E-state index contributed by atoms with van der Waals surface area (Å²) in [4.78, 5) is 22.9. The summed E-state index contributed by atoms with van der Waals surface area (Å²) in [6.45, 7) is 3.76. The number of carbonyl (C=O) groups excluding carboxylic acids is 2. The van der Waals surface area contributed by atoms with Gasteiger partial charge < -0.3 is 19.5 Å². The number of nitrogens with one attached hydrogen (secondary N) is 1. The van der Waals surface area contributed by atoms with Gasteiger partial charge in [-0.2, -0.15) is 0 Å². The number of esters is 1. The highest BCUT2D eigenvalue weighted by molar-refractivity contribution is 6.30. The van der Waals surface area contributed by atoms with Gasteiger partial charge in [0, 0.05) is 5.02 Å². The SMILES string of the molecule is C=CCOC(=O)N[C@H]1CC(=O)OC1OCc1ccc(Cl)cc1. The zero-order chi connectivity index (χ0) is 15.9. The van der Waals surface area contributed by atoms with Crippen LogP contribution in [0.5, 0.6) is 0 Å². The molecule has 1 aromatic rings. The molecular formula is C15H16ClNO5. The molecule has 1 saturated heterocycles. The second kappa shape index (κ2) is 7.82. The van der Waals surface area contributed by atoms with E-state index in [1.807, 2.05) is 0 Å². The van der Waals surface area contributed by atoms with Crippen molar-refractivity contribution in [2.24, 2.45) is 0 Å². The Bertz CT molecular complexity index is 545. The number of benzene rings is 1. The summed E-state index contributed by atoms with van der Waals surface area (Å²) in [5, 5.41) is 3.16. The van der Waals surface area contributed by atoms with Gasteiger partial charge in [0.1, 0.15) is 12.6 Å². The zero-order valence-electron chi connectivity index (χ0n) is 11.8. The van der Waals surface area contributed by atoms with Crippen molar-refractivity contribution < 1.29 is 23.8 Å². The Morgan fingerprint density at radius 2 is 2.18 bits per heavy atom. The van der Waals surface area contributed by atoms with Crippen molar-refractivity contribution in [1.82, 2.24) is 5.32 Å². The average Bonchev–Trinajstić information content (AvgIpc) is 2.84. The Morgan fingerprint density at radius 3 is 2.86 bits per heavy atom. The first-order valence-electron chi connectivity index (χ1n) is 6.68. The Labute approximate surface area is 133 Å².